The SMILES string of the molecule is O=C(O)c1cc(O)ccc1O.[Cu]. The van der Waals surface area contributed by atoms with Crippen LogP contribution >= 0.6 is 0 Å². The van der Waals surface area contributed by atoms with Crippen molar-refractivity contribution in [2.45, 2.75) is 0 Å². The molecule has 0 aliphatic carbocycles. The molecular formula is C7H6CuO4. The molecule has 12 heavy (non-hydrogen) atoms. The molecule has 1 aromatic rings. The number of aromatic carboxylic acids is 1. The van der Waals surface area contributed by atoms with Gasteiger partial charge in [0, 0.05) is 17.1 Å². The van der Waals surface area contributed by atoms with Gasteiger partial charge >= 0.3 is 5.97 Å². The fourth-order valence-electron chi connectivity index (χ4n) is 0.695. The van der Waals surface area contributed by atoms with Crippen molar-refractivity contribution in [3.8, 4) is 11.5 Å². The average molecular weight is 218 g/mol. The molecule has 69 valence electrons. The van der Waals surface area contributed by atoms with E-state index in [1.807, 2.05) is 0 Å². The minimum Gasteiger partial charge on any atom is -0.508 e. The second kappa shape index (κ2) is 3.99. The number of rotatable bonds is 1. The number of aromatic hydroxyl groups is 2. The maximum atomic E-state index is 10.3. The van der Waals surface area contributed by atoms with E-state index >= 15 is 0 Å². The van der Waals surface area contributed by atoms with Crippen molar-refractivity contribution in [3.05, 3.63) is 23.8 Å². The number of hydrogen-bond acceptors (Lipinski definition) is 3. The molecule has 0 fully saturated rings. The molecule has 0 aromatic heterocycles. The zero-order valence-electron chi connectivity index (χ0n) is 5.78. The Kier molecular flexibility index (Phi) is 3.60. The number of hydrogen-bond donors (Lipinski definition) is 3. The molecule has 0 aliphatic rings. The van der Waals surface area contributed by atoms with E-state index in [0.29, 0.717) is 0 Å². The van der Waals surface area contributed by atoms with E-state index in [4.69, 9.17) is 15.3 Å². The molecule has 0 unspecified atom stereocenters. The van der Waals surface area contributed by atoms with E-state index in [1.165, 1.54) is 6.07 Å². The molecule has 0 heterocycles. The number of carboxylic acid groups (broad SMARTS) is 1. The summed E-state index contributed by atoms with van der Waals surface area (Å²) in [5.41, 5.74) is -0.301. The number of phenols is 2. The van der Waals surface area contributed by atoms with Crippen LogP contribution in [0.15, 0.2) is 18.2 Å². The summed E-state index contributed by atoms with van der Waals surface area (Å²) in [6, 6.07) is 3.32. The summed E-state index contributed by atoms with van der Waals surface area (Å²) in [5, 5.41) is 26.1. The predicted octanol–water partition coefficient (Wildman–Crippen LogP) is 0.793. The molecule has 3 N–H and O–H groups in total. The molecule has 1 rings (SSSR count). The summed E-state index contributed by atoms with van der Waals surface area (Å²) in [4.78, 5) is 10.3. The zero-order chi connectivity index (χ0) is 8.43. The Morgan fingerprint density at radius 2 is 1.83 bits per heavy atom. The molecule has 0 saturated carbocycles. The Labute approximate surface area is 78.9 Å². The van der Waals surface area contributed by atoms with Crippen LogP contribution < -0.4 is 0 Å². The number of carbonyl (C=O) groups is 1. The molecule has 0 atom stereocenters. The molecule has 4 nitrogen and oxygen atoms in total. The van der Waals surface area contributed by atoms with Crippen molar-refractivity contribution in [2.24, 2.45) is 0 Å². The Morgan fingerprint density at radius 1 is 1.25 bits per heavy atom. The zero-order valence-corrected chi connectivity index (χ0v) is 6.73. The normalized spacial score (nSPS) is 8.67. The van der Waals surface area contributed by atoms with Crippen LogP contribution in [0.5, 0.6) is 11.5 Å². The Bertz CT molecular complexity index is 297. The molecule has 1 aromatic carbocycles. The largest absolute Gasteiger partial charge is 0.508 e. The van der Waals surface area contributed by atoms with Crippen molar-refractivity contribution >= 4 is 5.97 Å². The first-order valence-corrected chi connectivity index (χ1v) is 2.86. The standard InChI is InChI=1S/C7H6O4.Cu/c8-4-1-2-6(9)5(3-4)7(10)11;/h1-3,8-9H,(H,10,11);. The van der Waals surface area contributed by atoms with Crippen LogP contribution in [0.3, 0.4) is 0 Å². The van der Waals surface area contributed by atoms with Crippen LogP contribution in [0.4, 0.5) is 0 Å². The minimum atomic E-state index is -1.27. The van der Waals surface area contributed by atoms with Crippen molar-refractivity contribution in [3.63, 3.8) is 0 Å². The maximum absolute atomic E-state index is 10.3. The summed E-state index contributed by atoms with van der Waals surface area (Å²) < 4.78 is 0. The average Bonchev–Trinajstić information content (AvgIpc) is 1.94. The van der Waals surface area contributed by atoms with Gasteiger partial charge in [0.05, 0.1) is 0 Å². The monoisotopic (exact) mass is 217 g/mol. The van der Waals surface area contributed by atoms with E-state index in [1.54, 1.807) is 0 Å². The van der Waals surface area contributed by atoms with Gasteiger partial charge in [-0.15, -0.1) is 0 Å². The van der Waals surface area contributed by atoms with Crippen molar-refractivity contribution in [2.75, 3.05) is 0 Å². The first kappa shape index (κ1) is 10.8. The topological polar surface area (TPSA) is 77.8 Å². The first-order valence-electron chi connectivity index (χ1n) is 2.86. The van der Waals surface area contributed by atoms with Gasteiger partial charge in [-0.3, -0.25) is 0 Å². The fourth-order valence-corrected chi connectivity index (χ4v) is 0.695. The van der Waals surface area contributed by atoms with Gasteiger partial charge in [0.15, 0.2) is 0 Å². The van der Waals surface area contributed by atoms with Crippen molar-refractivity contribution < 1.29 is 37.2 Å². The fraction of sp³-hybridized carbons (Fsp3) is 0. The Balaban J connectivity index is 0.00000121. The smallest absolute Gasteiger partial charge is 0.339 e. The summed E-state index contributed by atoms with van der Waals surface area (Å²) >= 11 is 0. The van der Waals surface area contributed by atoms with Crippen LogP contribution in [-0.2, 0) is 17.1 Å². The summed E-state index contributed by atoms with van der Waals surface area (Å²) in [7, 11) is 0. The molecule has 0 amide bonds. The predicted molar refractivity (Wildman–Crippen MR) is 36.7 cm³/mol. The van der Waals surface area contributed by atoms with Gasteiger partial charge in [-0.2, -0.15) is 0 Å². The van der Waals surface area contributed by atoms with Crippen LogP contribution in [0.1, 0.15) is 10.4 Å². The van der Waals surface area contributed by atoms with Gasteiger partial charge < -0.3 is 15.3 Å². The molecule has 0 saturated heterocycles. The van der Waals surface area contributed by atoms with Crippen LogP contribution in [0.25, 0.3) is 0 Å². The van der Waals surface area contributed by atoms with Crippen LogP contribution in [-0.4, -0.2) is 21.3 Å². The third-order valence-corrected chi connectivity index (χ3v) is 1.21. The van der Waals surface area contributed by atoms with Crippen molar-refractivity contribution in [1.82, 2.24) is 0 Å². The third-order valence-electron chi connectivity index (χ3n) is 1.21. The van der Waals surface area contributed by atoms with Gasteiger partial charge in [0.1, 0.15) is 17.1 Å². The molecular weight excluding hydrogens is 212 g/mol. The van der Waals surface area contributed by atoms with E-state index < -0.39 is 5.97 Å². The Hall–Kier alpha value is -1.19. The summed E-state index contributed by atoms with van der Waals surface area (Å²) in [6.45, 7) is 0. The van der Waals surface area contributed by atoms with Gasteiger partial charge in [-0.25, -0.2) is 4.79 Å². The molecule has 1 radical (unpaired) electrons. The molecule has 0 spiro atoms. The molecule has 0 aliphatic heterocycles. The van der Waals surface area contributed by atoms with Crippen LogP contribution in [0.2, 0.25) is 0 Å². The van der Waals surface area contributed by atoms with Crippen molar-refractivity contribution in [1.29, 1.82) is 0 Å². The molecule has 5 heteroatoms. The van der Waals surface area contributed by atoms with E-state index in [-0.39, 0.29) is 34.1 Å². The quantitative estimate of drug-likeness (QED) is 0.480. The van der Waals surface area contributed by atoms with Gasteiger partial charge in [0.25, 0.3) is 0 Å². The first-order chi connectivity index (χ1) is 5.11. The summed E-state index contributed by atoms with van der Waals surface area (Å²) in [5.74, 6) is -1.80. The maximum Gasteiger partial charge on any atom is 0.339 e. The van der Waals surface area contributed by atoms with Gasteiger partial charge in [0.2, 0.25) is 0 Å². The Morgan fingerprint density at radius 3 is 2.25 bits per heavy atom. The number of benzene rings is 1. The molecule has 0 bridgehead atoms. The number of phenolic OH excluding ortho intramolecular Hbond substituents is 1. The third kappa shape index (κ3) is 2.15. The minimum absolute atomic E-state index is 0. The van der Waals surface area contributed by atoms with Gasteiger partial charge in [-0.05, 0) is 18.2 Å². The van der Waals surface area contributed by atoms with E-state index in [9.17, 15) is 4.79 Å². The summed E-state index contributed by atoms with van der Waals surface area (Å²) in [6.07, 6.45) is 0. The second-order valence-electron chi connectivity index (χ2n) is 2.01. The second-order valence-corrected chi connectivity index (χ2v) is 2.01. The number of carboxylic acids is 1. The van der Waals surface area contributed by atoms with E-state index in [0.717, 1.165) is 12.1 Å². The van der Waals surface area contributed by atoms with Crippen LogP contribution in [0, 0.1) is 0 Å². The van der Waals surface area contributed by atoms with E-state index in [2.05, 4.69) is 0 Å². The van der Waals surface area contributed by atoms with Gasteiger partial charge in [-0.1, -0.05) is 0 Å².